The molecule has 0 spiro atoms. The van der Waals surface area contributed by atoms with Crippen LogP contribution in [0.2, 0.25) is 0 Å². The maximum atomic E-state index is 13.0. The minimum Gasteiger partial charge on any atom is -0.489 e. The van der Waals surface area contributed by atoms with Crippen LogP contribution in [-0.4, -0.2) is 18.4 Å². The smallest absolute Gasteiger partial charge is 0.255 e. The lowest BCUT2D eigenvalue weighted by molar-refractivity contribution is -0.118. The van der Waals surface area contributed by atoms with E-state index in [1.165, 1.54) is 12.1 Å². The van der Waals surface area contributed by atoms with E-state index in [1.54, 1.807) is 47.4 Å². The highest BCUT2D eigenvalue weighted by molar-refractivity contribution is 6.05. The Kier molecular flexibility index (Phi) is 5.98. The molecule has 1 heterocycles. The summed E-state index contributed by atoms with van der Waals surface area (Å²) < 4.78 is 18.8. The summed E-state index contributed by atoms with van der Waals surface area (Å²) in [5.41, 5.74) is 3.90. The van der Waals surface area contributed by atoms with E-state index >= 15 is 0 Å². The summed E-state index contributed by atoms with van der Waals surface area (Å²) in [6.45, 7) is 2.80. The number of carbonyl (C=O) groups excluding carboxylic acids is 2. The van der Waals surface area contributed by atoms with Gasteiger partial charge in [0.05, 0.1) is 0 Å². The third-order valence-corrected chi connectivity index (χ3v) is 5.25. The van der Waals surface area contributed by atoms with Gasteiger partial charge in [-0.25, -0.2) is 4.39 Å². The maximum Gasteiger partial charge on any atom is 0.255 e. The van der Waals surface area contributed by atoms with Gasteiger partial charge in [0.15, 0.2) is 0 Å². The zero-order valence-corrected chi connectivity index (χ0v) is 17.2. The van der Waals surface area contributed by atoms with Gasteiger partial charge in [-0.3, -0.25) is 9.59 Å². The highest BCUT2D eigenvalue weighted by Gasteiger charge is 2.24. The van der Waals surface area contributed by atoms with Crippen molar-refractivity contribution in [2.45, 2.75) is 26.4 Å². The number of nitrogens with zero attached hydrogens (tertiary/aromatic N) is 1. The van der Waals surface area contributed by atoms with Crippen molar-refractivity contribution in [3.05, 3.63) is 89.2 Å². The second-order valence-electron chi connectivity index (χ2n) is 7.39. The molecule has 3 aromatic carbocycles. The first-order valence-corrected chi connectivity index (χ1v) is 10.3. The van der Waals surface area contributed by atoms with Gasteiger partial charge in [0.2, 0.25) is 5.91 Å². The topological polar surface area (TPSA) is 58.6 Å². The Hall–Kier alpha value is -3.67. The van der Waals surface area contributed by atoms with Crippen molar-refractivity contribution in [2.75, 3.05) is 16.8 Å². The molecular formula is C25H23FN2O3. The van der Waals surface area contributed by atoms with Crippen LogP contribution in [0.3, 0.4) is 0 Å². The number of nitrogens with one attached hydrogen (secondary N) is 1. The van der Waals surface area contributed by atoms with Gasteiger partial charge in [-0.05, 0) is 60.0 Å². The second-order valence-corrected chi connectivity index (χ2v) is 7.39. The summed E-state index contributed by atoms with van der Waals surface area (Å²) in [5, 5.41) is 2.89. The minimum atomic E-state index is -0.287. The molecule has 0 aliphatic carbocycles. The van der Waals surface area contributed by atoms with E-state index in [0.717, 1.165) is 23.2 Å². The van der Waals surface area contributed by atoms with E-state index in [0.29, 0.717) is 36.6 Å². The lowest BCUT2D eigenvalue weighted by Gasteiger charge is -2.16. The number of hydrogen-bond donors (Lipinski definition) is 1. The number of halogens is 1. The van der Waals surface area contributed by atoms with Crippen molar-refractivity contribution in [1.29, 1.82) is 0 Å². The molecule has 0 aromatic heterocycles. The first-order valence-electron chi connectivity index (χ1n) is 10.3. The van der Waals surface area contributed by atoms with Crippen molar-refractivity contribution in [1.82, 2.24) is 0 Å². The van der Waals surface area contributed by atoms with Crippen LogP contribution in [0, 0.1) is 5.82 Å². The molecule has 1 aliphatic rings. The molecule has 4 rings (SSSR count). The number of carbonyl (C=O) groups is 2. The SMILES string of the molecule is CCC(=O)N1CCc2cc(C(=O)Nc3cccc(OCc4ccc(F)cc4)c3)ccc21. The molecule has 2 amide bonds. The van der Waals surface area contributed by atoms with Gasteiger partial charge in [-0.1, -0.05) is 25.1 Å². The van der Waals surface area contributed by atoms with Gasteiger partial charge in [0.25, 0.3) is 5.91 Å². The molecule has 31 heavy (non-hydrogen) atoms. The predicted octanol–water partition coefficient (Wildman–Crippen LogP) is 4.96. The number of hydrogen-bond acceptors (Lipinski definition) is 3. The standard InChI is InChI=1S/C25H23FN2O3/c1-2-24(29)28-13-12-18-14-19(8-11-23(18)28)25(30)27-21-4-3-5-22(15-21)31-16-17-6-9-20(26)10-7-17/h3-11,14-15H,2,12-13,16H2,1H3,(H,27,30). The van der Waals surface area contributed by atoms with Crippen LogP contribution in [0.25, 0.3) is 0 Å². The molecule has 0 unspecified atom stereocenters. The molecule has 0 radical (unpaired) electrons. The van der Waals surface area contributed by atoms with Gasteiger partial charge in [-0.2, -0.15) is 0 Å². The Balaban J connectivity index is 1.41. The van der Waals surface area contributed by atoms with Crippen LogP contribution in [-0.2, 0) is 17.8 Å². The summed E-state index contributed by atoms with van der Waals surface area (Å²) in [6.07, 6.45) is 1.20. The average Bonchev–Trinajstić information content (AvgIpc) is 3.22. The molecule has 3 aromatic rings. The number of amides is 2. The van der Waals surface area contributed by atoms with Crippen molar-refractivity contribution in [3.63, 3.8) is 0 Å². The minimum absolute atomic E-state index is 0.0911. The summed E-state index contributed by atoms with van der Waals surface area (Å²) in [4.78, 5) is 26.6. The normalized spacial score (nSPS) is 12.4. The van der Waals surface area contributed by atoms with E-state index in [1.807, 2.05) is 19.1 Å². The molecule has 1 N–H and O–H groups in total. The van der Waals surface area contributed by atoms with Crippen LogP contribution in [0.5, 0.6) is 5.75 Å². The molecule has 6 heteroatoms. The van der Waals surface area contributed by atoms with Crippen molar-refractivity contribution in [2.24, 2.45) is 0 Å². The molecule has 1 aliphatic heterocycles. The fourth-order valence-corrected chi connectivity index (χ4v) is 3.61. The van der Waals surface area contributed by atoms with E-state index in [2.05, 4.69) is 5.32 Å². The Bertz CT molecular complexity index is 1110. The predicted molar refractivity (Wildman–Crippen MR) is 118 cm³/mol. The molecule has 0 atom stereocenters. The lowest BCUT2D eigenvalue weighted by atomic mass is 10.1. The summed E-state index contributed by atoms with van der Waals surface area (Å²) in [6, 6.07) is 18.7. The number of rotatable bonds is 6. The van der Waals surface area contributed by atoms with Crippen LogP contribution in [0.4, 0.5) is 15.8 Å². The number of ether oxygens (including phenoxy) is 1. The zero-order valence-electron chi connectivity index (χ0n) is 17.2. The van der Waals surface area contributed by atoms with Gasteiger partial charge in [0.1, 0.15) is 18.2 Å². The van der Waals surface area contributed by atoms with E-state index in [4.69, 9.17) is 4.74 Å². The maximum absolute atomic E-state index is 13.0. The van der Waals surface area contributed by atoms with Crippen LogP contribution < -0.4 is 15.0 Å². The highest BCUT2D eigenvalue weighted by atomic mass is 19.1. The molecule has 0 saturated heterocycles. The van der Waals surface area contributed by atoms with Crippen LogP contribution >= 0.6 is 0 Å². The molecule has 5 nitrogen and oxygen atoms in total. The van der Waals surface area contributed by atoms with Gasteiger partial charge in [-0.15, -0.1) is 0 Å². The summed E-state index contributed by atoms with van der Waals surface area (Å²) in [5.74, 6) is 0.182. The van der Waals surface area contributed by atoms with E-state index in [9.17, 15) is 14.0 Å². The quantitative estimate of drug-likeness (QED) is 0.616. The van der Waals surface area contributed by atoms with E-state index < -0.39 is 0 Å². The lowest BCUT2D eigenvalue weighted by Crippen LogP contribution is -2.27. The fraction of sp³-hybridized carbons (Fsp3) is 0.200. The molecule has 0 saturated carbocycles. The van der Waals surface area contributed by atoms with Gasteiger partial charge in [0, 0.05) is 36.0 Å². The number of benzene rings is 3. The molecule has 158 valence electrons. The zero-order chi connectivity index (χ0) is 21.8. The van der Waals surface area contributed by atoms with Crippen molar-refractivity contribution < 1.29 is 18.7 Å². The first kappa shape index (κ1) is 20.6. The molecular weight excluding hydrogens is 395 g/mol. The van der Waals surface area contributed by atoms with Crippen molar-refractivity contribution >= 4 is 23.2 Å². The average molecular weight is 418 g/mol. The van der Waals surface area contributed by atoms with Crippen LogP contribution in [0.1, 0.15) is 34.8 Å². The third kappa shape index (κ3) is 4.74. The monoisotopic (exact) mass is 418 g/mol. The Morgan fingerprint density at radius 3 is 2.65 bits per heavy atom. The van der Waals surface area contributed by atoms with Crippen molar-refractivity contribution in [3.8, 4) is 5.75 Å². The van der Waals surface area contributed by atoms with Gasteiger partial charge < -0.3 is 15.0 Å². The van der Waals surface area contributed by atoms with E-state index in [-0.39, 0.29) is 17.6 Å². The summed E-state index contributed by atoms with van der Waals surface area (Å²) in [7, 11) is 0. The summed E-state index contributed by atoms with van der Waals surface area (Å²) >= 11 is 0. The van der Waals surface area contributed by atoms with Crippen LogP contribution in [0.15, 0.2) is 66.7 Å². The first-order chi connectivity index (χ1) is 15.0. The Morgan fingerprint density at radius 2 is 1.87 bits per heavy atom. The fourth-order valence-electron chi connectivity index (χ4n) is 3.61. The second kappa shape index (κ2) is 9.00. The van der Waals surface area contributed by atoms with Gasteiger partial charge >= 0.3 is 0 Å². The molecule has 0 bridgehead atoms. The largest absolute Gasteiger partial charge is 0.489 e. The third-order valence-electron chi connectivity index (χ3n) is 5.25. The highest BCUT2D eigenvalue weighted by Crippen LogP contribution is 2.30. The number of fused-ring (bicyclic) bond motifs is 1. The Labute approximate surface area is 180 Å². The number of anilines is 2. The Morgan fingerprint density at radius 1 is 1.06 bits per heavy atom. The molecule has 0 fully saturated rings.